The first-order valence-electron chi connectivity index (χ1n) is 6.84. The average Bonchev–Trinajstić information content (AvgIpc) is 2.57. The van der Waals surface area contributed by atoms with E-state index in [-0.39, 0.29) is 24.8 Å². The monoisotopic (exact) mass is 366 g/mol. The van der Waals surface area contributed by atoms with Crippen molar-refractivity contribution < 1.29 is 0 Å². The van der Waals surface area contributed by atoms with Crippen molar-refractivity contribution >= 4 is 36.4 Å². The highest BCUT2D eigenvalue weighted by molar-refractivity contribution is 6.17. The van der Waals surface area contributed by atoms with Gasteiger partial charge in [0.1, 0.15) is 0 Å². The number of rotatable bonds is 4. The van der Waals surface area contributed by atoms with Crippen LogP contribution < -0.4 is 0 Å². The predicted molar refractivity (Wildman–Crippen MR) is 101 cm³/mol. The van der Waals surface area contributed by atoms with E-state index in [1.807, 2.05) is 24.4 Å². The van der Waals surface area contributed by atoms with Crippen molar-refractivity contribution in [3.63, 3.8) is 0 Å². The fraction of sp³-hybridized carbons (Fsp3) is 0.111. The van der Waals surface area contributed by atoms with Crippen LogP contribution in [0.4, 0.5) is 0 Å². The maximum Gasteiger partial charge on any atom is 0.0474 e. The van der Waals surface area contributed by atoms with E-state index < -0.39 is 0 Å². The van der Waals surface area contributed by atoms with Crippen molar-refractivity contribution in [1.82, 2.24) is 9.97 Å². The Balaban J connectivity index is 0.00000132. The Kier molecular flexibility index (Phi) is 8.04. The second-order valence-electron chi connectivity index (χ2n) is 4.90. The van der Waals surface area contributed by atoms with Gasteiger partial charge in [-0.2, -0.15) is 0 Å². The van der Waals surface area contributed by atoms with Crippen LogP contribution in [-0.4, -0.2) is 9.97 Å². The summed E-state index contributed by atoms with van der Waals surface area (Å²) in [5.41, 5.74) is 5.76. The molecule has 5 heteroatoms. The van der Waals surface area contributed by atoms with Crippen molar-refractivity contribution in [3.8, 4) is 11.1 Å². The smallest absolute Gasteiger partial charge is 0.0474 e. The van der Waals surface area contributed by atoms with Gasteiger partial charge in [-0.25, -0.2) is 0 Å². The number of hydrogen-bond donors (Lipinski definition) is 0. The summed E-state index contributed by atoms with van der Waals surface area (Å²) in [4.78, 5) is 8.51. The van der Waals surface area contributed by atoms with Crippen LogP contribution in [0.2, 0.25) is 0 Å². The minimum atomic E-state index is 0. The van der Waals surface area contributed by atoms with Crippen molar-refractivity contribution in [2.45, 2.75) is 12.3 Å². The average molecular weight is 368 g/mol. The van der Waals surface area contributed by atoms with Crippen molar-refractivity contribution in [1.29, 1.82) is 0 Å². The van der Waals surface area contributed by atoms with Gasteiger partial charge in [-0.1, -0.05) is 24.3 Å². The number of nitrogens with zero attached hydrogens (tertiary/aromatic N) is 2. The summed E-state index contributed by atoms with van der Waals surface area (Å²) in [7, 11) is 0. The molecule has 0 fully saturated rings. The van der Waals surface area contributed by atoms with Gasteiger partial charge < -0.3 is 0 Å². The summed E-state index contributed by atoms with van der Waals surface area (Å²) < 4.78 is 0. The van der Waals surface area contributed by atoms with Crippen LogP contribution >= 0.6 is 36.4 Å². The molecule has 120 valence electrons. The molecule has 0 aliphatic carbocycles. The second-order valence-corrected chi connectivity index (χ2v) is 5.17. The van der Waals surface area contributed by atoms with Gasteiger partial charge in [0, 0.05) is 36.6 Å². The van der Waals surface area contributed by atoms with Crippen molar-refractivity contribution in [3.05, 3.63) is 83.9 Å². The fourth-order valence-corrected chi connectivity index (χ4v) is 2.43. The number of aromatic nitrogens is 2. The van der Waals surface area contributed by atoms with Crippen LogP contribution in [0.5, 0.6) is 0 Å². The highest BCUT2D eigenvalue weighted by atomic mass is 35.5. The lowest BCUT2D eigenvalue weighted by Gasteiger charge is -2.05. The molecule has 23 heavy (non-hydrogen) atoms. The molecule has 3 rings (SSSR count). The normalized spacial score (nSPS) is 9.61. The molecule has 0 saturated carbocycles. The fourth-order valence-electron chi connectivity index (χ4n) is 2.25. The molecule has 0 bridgehead atoms. The lowest BCUT2D eigenvalue weighted by molar-refractivity contribution is 1.07. The zero-order chi connectivity index (χ0) is 14.5. The number of hydrogen-bond acceptors (Lipinski definition) is 2. The Morgan fingerprint density at radius 2 is 1.35 bits per heavy atom. The lowest BCUT2D eigenvalue weighted by atomic mass is 10.0. The van der Waals surface area contributed by atoms with Crippen LogP contribution in [0, 0.1) is 0 Å². The second kappa shape index (κ2) is 9.51. The maximum absolute atomic E-state index is 5.81. The molecular weight excluding hydrogens is 351 g/mol. The van der Waals surface area contributed by atoms with Gasteiger partial charge in [-0.05, 0) is 46.5 Å². The summed E-state index contributed by atoms with van der Waals surface area (Å²) in [6, 6.07) is 16.5. The molecule has 0 spiro atoms. The van der Waals surface area contributed by atoms with Gasteiger partial charge in [0.05, 0.1) is 0 Å². The molecule has 0 radical (unpaired) electrons. The Bertz CT molecular complexity index is 716. The van der Waals surface area contributed by atoms with Gasteiger partial charge in [-0.15, -0.1) is 36.4 Å². The molecular formula is C18H17Cl3N2. The zero-order valence-electron chi connectivity index (χ0n) is 12.4. The molecule has 2 nitrogen and oxygen atoms in total. The molecule has 2 heterocycles. The van der Waals surface area contributed by atoms with Crippen LogP contribution in [0.25, 0.3) is 11.1 Å². The van der Waals surface area contributed by atoms with E-state index in [1.165, 1.54) is 11.1 Å². The summed E-state index contributed by atoms with van der Waals surface area (Å²) in [6.07, 6.45) is 6.29. The maximum atomic E-state index is 5.81. The van der Waals surface area contributed by atoms with E-state index in [4.69, 9.17) is 11.6 Å². The predicted octanol–water partition coefficient (Wildman–Crippen LogP) is 5.32. The topological polar surface area (TPSA) is 25.8 Å². The van der Waals surface area contributed by atoms with E-state index in [2.05, 4.69) is 40.3 Å². The third-order valence-corrected chi connectivity index (χ3v) is 3.70. The summed E-state index contributed by atoms with van der Waals surface area (Å²) >= 11 is 5.81. The standard InChI is InChI=1S/C18H15ClN2.2ClH/c19-13-15-3-1-14(2-4-15)11-18-12-17(7-10-21-18)16-5-8-20-9-6-16;;/h1-10,12H,11,13H2;2*1H. The number of pyridine rings is 2. The Hall–Kier alpha value is -1.61. The molecule has 0 unspecified atom stereocenters. The minimum absolute atomic E-state index is 0. The van der Waals surface area contributed by atoms with Crippen molar-refractivity contribution in [2.24, 2.45) is 0 Å². The Morgan fingerprint density at radius 3 is 2.00 bits per heavy atom. The van der Waals surface area contributed by atoms with E-state index in [9.17, 15) is 0 Å². The largest absolute Gasteiger partial charge is 0.265 e. The number of alkyl halides is 1. The van der Waals surface area contributed by atoms with Crippen LogP contribution in [0.1, 0.15) is 16.8 Å². The van der Waals surface area contributed by atoms with Crippen LogP contribution in [0.15, 0.2) is 67.1 Å². The van der Waals surface area contributed by atoms with E-state index >= 15 is 0 Å². The third-order valence-electron chi connectivity index (χ3n) is 3.39. The third kappa shape index (κ3) is 5.21. The molecule has 2 aromatic heterocycles. The Morgan fingerprint density at radius 1 is 0.739 bits per heavy atom. The molecule has 0 N–H and O–H groups in total. The summed E-state index contributed by atoms with van der Waals surface area (Å²) in [5, 5.41) is 0. The Labute approximate surface area is 153 Å². The zero-order valence-corrected chi connectivity index (χ0v) is 14.7. The van der Waals surface area contributed by atoms with E-state index in [0.717, 1.165) is 23.2 Å². The van der Waals surface area contributed by atoms with Gasteiger partial charge in [0.2, 0.25) is 0 Å². The molecule has 1 aromatic carbocycles. The highest BCUT2D eigenvalue weighted by Gasteiger charge is 2.02. The van der Waals surface area contributed by atoms with Gasteiger partial charge in [0.25, 0.3) is 0 Å². The highest BCUT2D eigenvalue weighted by Crippen LogP contribution is 2.19. The molecule has 0 aliphatic rings. The number of halogens is 3. The first kappa shape index (κ1) is 19.4. The lowest BCUT2D eigenvalue weighted by Crippen LogP contribution is -1.93. The van der Waals surface area contributed by atoms with E-state index in [1.54, 1.807) is 12.4 Å². The van der Waals surface area contributed by atoms with Gasteiger partial charge >= 0.3 is 0 Å². The quantitative estimate of drug-likeness (QED) is 0.583. The van der Waals surface area contributed by atoms with Crippen LogP contribution in [-0.2, 0) is 12.3 Å². The minimum Gasteiger partial charge on any atom is -0.265 e. The number of benzene rings is 1. The first-order chi connectivity index (χ1) is 10.3. The first-order valence-corrected chi connectivity index (χ1v) is 7.38. The van der Waals surface area contributed by atoms with Gasteiger partial charge in [0.15, 0.2) is 0 Å². The summed E-state index contributed by atoms with van der Waals surface area (Å²) in [5.74, 6) is 0.552. The van der Waals surface area contributed by atoms with E-state index in [0.29, 0.717) is 5.88 Å². The molecule has 0 saturated heterocycles. The SMILES string of the molecule is Cl.Cl.ClCc1ccc(Cc2cc(-c3ccncc3)ccn2)cc1. The molecule has 0 aliphatic heterocycles. The molecule has 3 aromatic rings. The van der Waals surface area contributed by atoms with Crippen molar-refractivity contribution in [2.75, 3.05) is 0 Å². The summed E-state index contributed by atoms with van der Waals surface area (Å²) in [6.45, 7) is 0. The molecule has 0 amide bonds. The molecule has 0 atom stereocenters. The van der Waals surface area contributed by atoms with Gasteiger partial charge in [-0.3, -0.25) is 9.97 Å². The van der Waals surface area contributed by atoms with Crippen LogP contribution in [0.3, 0.4) is 0 Å².